The maximum absolute atomic E-state index is 12.9. The van der Waals surface area contributed by atoms with Crippen LogP contribution < -0.4 is 5.73 Å². The Morgan fingerprint density at radius 2 is 1.83 bits per heavy atom. The molecule has 0 aromatic rings. The summed E-state index contributed by atoms with van der Waals surface area (Å²) < 4.78 is 0. The van der Waals surface area contributed by atoms with Crippen LogP contribution in [0.2, 0.25) is 0 Å². The van der Waals surface area contributed by atoms with Crippen LogP contribution in [0.1, 0.15) is 59.3 Å². The third kappa shape index (κ3) is 3.46. The molecule has 0 aromatic heterocycles. The lowest BCUT2D eigenvalue weighted by Gasteiger charge is -2.43. The number of nitrogens with two attached hydrogens (primary N) is 1. The normalized spacial score (nSPS) is 36.9. The standard InChI is InChI=1S/C19H33N3O2/c1-13-4-6-15(7-5-13)22-11-14(10-17(22)23)18(24)21-9-8-16(20)19(2,3)12-21/h13-16H,4-12,20H2,1-3H3. The van der Waals surface area contributed by atoms with Crippen LogP contribution in [0.25, 0.3) is 0 Å². The lowest BCUT2D eigenvalue weighted by molar-refractivity contribution is -0.139. The Hall–Kier alpha value is -1.10. The summed E-state index contributed by atoms with van der Waals surface area (Å²) in [4.78, 5) is 29.4. The van der Waals surface area contributed by atoms with Gasteiger partial charge in [0, 0.05) is 38.1 Å². The van der Waals surface area contributed by atoms with Gasteiger partial charge >= 0.3 is 0 Å². The largest absolute Gasteiger partial charge is 0.342 e. The predicted octanol–water partition coefficient (Wildman–Crippen LogP) is 2.00. The number of hydrogen-bond donors (Lipinski definition) is 1. The van der Waals surface area contributed by atoms with E-state index in [-0.39, 0.29) is 29.2 Å². The highest BCUT2D eigenvalue weighted by Crippen LogP contribution is 2.33. The molecule has 2 saturated heterocycles. The number of rotatable bonds is 2. The van der Waals surface area contributed by atoms with Crippen LogP contribution in [0.3, 0.4) is 0 Å². The van der Waals surface area contributed by atoms with Crippen molar-refractivity contribution in [1.82, 2.24) is 9.80 Å². The molecule has 2 heterocycles. The number of nitrogens with zero attached hydrogens (tertiary/aromatic N) is 2. The molecule has 2 amide bonds. The summed E-state index contributed by atoms with van der Waals surface area (Å²) in [6, 6.07) is 0.505. The minimum Gasteiger partial charge on any atom is -0.342 e. The monoisotopic (exact) mass is 335 g/mol. The van der Waals surface area contributed by atoms with Crippen LogP contribution in [0.5, 0.6) is 0 Å². The van der Waals surface area contributed by atoms with E-state index in [9.17, 15) is 9.59 Å². The third-order valence-electron chi connectivity index (χ3n) is 6.56. The Bertz CT molecular complexity index is 497. The van der Waals surface area contributed by atoms with Crippen LogP contribution in [0, 0.1) is 17.3 Å². The maximum atomic E-state index is 12.9. The van der Waals surface area contributed by atoms with Crippen LogP contribution in [-0.2, 0) is 9.59 Å². The zero-order chi connectivity index (χ0) is 17.5. The molecule has 2 atom stereocenters. The zero-order valence-electron chi connectivity index (χ0n) is 15.5. The van der Waals surface area contributed by atoms with Crippen LogP contribution in [0.4, 0.5) is 0 Å². The molecule has 136 valence electrons. The van der Waals surface area contributed by atoms with Crippen molar-refractivity contribution in [3.8, 4) is 0 Å². The first-order valence-corrected chi connectivity index (χ1v) is 9.62. The number of piperidine rings is 1. The molecule has 3 rings (SSSR count). The molecule has 5 nitrogen and oxygen atoms in total. The Morgan fingerprint density at radius 3 is 2.46 bits per heavy atom. The highest BCUT2D eigenvalue weighted by molar-refractivity contribution is 5.89. The molecule has 2 unspecified atom stereocenters. The minimum atomic E-state index is -0.151. The fourth-order valence-corrected chi connectivity index (χ4v) is 4.62. The molecule has 2 aliphatic heterocycles. The first-order valence-electron chi connectivity index (χ1n) is 9.62. The van der Waals surface area contributed by atoms with Crippen molar-refractivity contribution in [1.29, 1.82) is 0 Å². The average Bonchev–Trinajstić information content (AvgIpc) is 2.92. The molecule has 1 saturated carbocycles. The van der Waals surface area contributed by atoms with Gasteiger partial charge in [-0.2, -0.15) is 0 Å². The van der Waals surface area contributed by atoms with Gasteiger partial charge in [0.2, 0.25) is 11.8 Å². The van der Waals surface area contributed by atoms with Gasteiger partial charge in [0.25, 0.3) is 0 Å². The molecule has 3 aliphatic rings. The molecule has 0 bridgehead atoms. The van der Waals surface area contributed by atoms with Crippen molar-refractivity contribution in [2.24, 2.45) is 23.0 Å². The molecule has 0 spiro atoms. The quantitative estimate of drug-likeness (QED) is 0.839. The fraction of sp³-hybridized carbons (Fsp3) is 0.895. The van der Waals surface area contributed by atoms with E-state index in [1.165, 1.54) is 12.8 Å². The van der Waals surface area contributed by atoms with E-state index in [4.69, 9.17) is 5.73 Å². The van der Waals surface area contributed by atoms with Crippen LogP contribution in [0.15, 0.2) is 0 Å². The predicted molar refractivity (Wildman–Crippen MR) is 94.2 cm³/mol. The summed E-state index contributed by atoms with van der Waals surface area (Å²) in [6.07, 6.45) is 5.84. The fourth-order valence-electron chi connectivity index (χ4n) is 4.62. The Kier molecular flexibility index (Phi) is 4.92. The maximum Gasteiger partial charge on any atom is 0.228 e. The van der Waals surface area contributed by atoms with E-state index in [2.05, 4.69) is 20.8 Å². The Balaban J connectivity index is 1.60. The van der Waals surface area contributed by atoms with Gasteiger partial charge in [-0.05, 0) is 43.4 Å². The van der Waals surface area contributed by atoms with E-state index in [0.717, 1.165) is 31.7 Å². The number of carbonyl (C=O) groups excluding carboxylic acids is 2. The van der Waals surface area contributed by atoms with Gasteiger partial charge in [-0.1, -0.05) is 20.8 Å². The summed E-state index contributed by atoms with van der Waals surface area (Å²) in [5.41, 5.74) is 6.13. The number of amides is 2. The molecular weight excluding hydrogens is 302 g/mol. The van der Waals surface area contributed by atoms with E-state index >= 15 is 0 Å². The van der Waals surface area contributed by atoms with Gasteiger partial charge in [0.15, 0.2) is 0 Å². The number of carbonyl (C=O) groups is 2. The second kappa shape index (κ2) is 6.66. The lowest BCUT2D eigenvalue weighted by Crippen LogP contribution is -2.55. The van der Waals surface area contributed by atoms with Gasteiger partial charge in [-0.15, -0.1) is 0 Å². The second-order valence-electron chi connectivity index (χ2n) is 9.00. The van der Waals surface area contributed by atoms with Crippen LogP contribution >= 0.6 is 0 Å². The summed E-state index contributed by atoms with van der Waals surface area (Å²) in [6.45, 7) is 8.61. The van der Waals surface area contributed by atoms with E-state index in [1.54, 1.807) is 0 Å². The van der Waals surface area contributed by atoms with E-state index < -0.39 is 0 Å². The highest BCUT2D eigenvalue weighted by atomic mass is 16.2. The third-order valence-corrected chi connectivity index (χ3v) is 6.56. The molecule has 0 radical (unpaired) electrons. The van der Waals surface area contributed by atoms with Crippen molar-refractivity contribution in [2.75, 3.05) is 19.6 Å². The Morgan fingerprint density at radius 1 is 1.17 bits per heavy atom. The van der Waals surface area contributed by atoms with Crippen molar-refractivity contribution < 1.29 is 9.59 Å². The van der Waals surface area contributed by atoms with Gasteiger partial charge in [0.1, 0.15) is 0 Å². The van der Waals surface area contributed by atoms with Crippen molar-refractivity contribution >= 4 is 11.8 Å². The molecular formula is C19H33N3O2. The van der Waals surface area contributed by atoms with Crippen molar-refractivity contribution in [3.05, 3.63) is 0 Å². The molecule has 1 aliphatic carbocycles. The van der Waals surface area contributed by atoms with Gasteiger partial charge < -0.3 is 15.5 Å². The highest BCUT2D eigenvalue weighted by Gasteiger charge is 2.42. The molecule has 3 fully saturated rings. The summed E-state index contributed by atoms with van der Waals surface area (Å²) in [7, 11) is 0. The van der Waals surface area contributed by atoms with Gasteiger partial charge in [-0.25, -0.2) is 0 Å². The first kappa shape index (κ1) is 17.7. The van der Waals surface area contributed by atoms with Crippen LogP contribution in [-0.4, -0.2) is 53.3 Å². The Labute approximate surface area is 145 Å². The van der Waals surface area contributed by atoms with E-state index in [0.29, 0.717) is 25.6 Å². The minimum absolute atomic E-state index is 0.0459. The number of hydrogen-bond acceptors (Lipinski definition) is 3. The second-order valence-corrected chi connectivity index (χ2v) is 9.00. The van der Waals surface area contributed by atoms with Crippen molar-refractivity contribution in [3.63, 3.8) is 0 Å². The molecule has 0 aromatic carbocycles. The topological polar surface area (TPSA) is 66.6 Å². The van der Waals surface area contributed by atoms with Crippen molar-refractivity contribution in [2.45, 2.75) is 71.4 Å². The first-order chi connectivity index (χ1) is 11.3. The zero-order valence-corrected chi connectivity index (χ0v) is 15.5. The summed E-state index contributed by atoms with van der Waals surface area (Å²) in [5, 5.41) is 0. The smallest absolute Gasteiger partial charge is 0.228 e. The van der Waals surface area contributed by atoms with E-state index in [1.807, 2.05) is 9.80 Å². The molecule has 5 heteroatoms. The van der Waals surface area contributed by atoms with Gasteiger partial charge in [-0.3, -0.25) is 9.59 Å². The molecule has 24 heavy (non-hydrogen) atoms. The van der Waals surface area contributed by atoms with Gasteiger partial charge in [0.05, 0.1) is 5.92 Å². The number of likely N-dealkylation sites (tertiary alicyclic amines) is 2. The SMILES string of the molecule is CC1CCC(N2CC(C(=O)N3CCC(N)C(C)(C)C3)CC2=O)CC1. The lowest BCUT2D eigenvalue weighted by atomic mass is 9.79. The summed E-state index contributed by atoms with van der Waals surface area (Å²) >= 11 is 0. The summed E-state index contributed by atoms with van der Waals surface area (Å²) in [5.74, 6) is 0.967. The molecule has 2 N–H and O–H groups in total. The average molecular weight is 335 g/mol.